The minimum absolute atomic E-state index is 0.0902. The summed E-state index contributed by atoms with van der Waals surface area (Å²) in [6.07, 6.45) is -1.19. The molecule has 1 atom stereocenters. The smallest absolute Gasteiger partial charge is 0.140 e. The fraction of sp³-hybridized carbons (Fsp3) is 0.833. The molecule has 0 aromatic carbocycles. The number of hydrogen-bond acceptors (Lipinski definition) is 2. The summed E-state index contributed by atoms with van der Waals surface area (Å²) in [4.78, 5) is 0. The van der Waals surface area contributed by atoms with Crippen LogP contribution < -0.4 is 5.32 Å². The van der Waals surface area contributed by atoms with Gasteiger partial charge in [0.1, 0.15) is 11.9 Å². The van der Waals surface area contributed by atoms with Crippen molar-refractivity contribution in [1.29, 1.82) is 0 Å². The fourth-order valence-corrected chi connectivity index (χ4v) is 1.16. The first kappa shape index (κ1) is 14.3. The van der Waals surface area contributed by atoms with Crippen molar-refractivity contribution in [1.82, 2.24) is 5.32 Å². The Morgan fingerprint density at radius 3 is 1.73 bits per heavy atom. The highest BCUT2D eigenvalue weighted by Gasteiger charge is 2.26. The fourth-order valence-electron chi connectivity index (χ4n) is 1.16. The van der Waals surface area contributed by atoms with Gasteiger partial charge in [0.05, 0.1) is 5.70 Å². The van der Waals surface area contributed by atoms with Crippen molar-refractivity contribution in [2.24, 2.45) is 5.41 Å². The zero-order chi connectivity index (χ0) is 12.4. The van der Waals surface area contributed by atoms with Crippen molar-refractivity contribution in [3.05, 3.63) is 11.5 Å². The largest absolute Gasteiger partial charge is 0.510 e. The van der Waals surface area contributed by atoms with Gasteiger partial charge in [0.2, 0.25) is 0 Å². The molecule has 0 amide bonds. The molecule has 0 spiro atoms. The van der Waals surface area contributed by atoms with Crippen LogP contribution in [0.1, 0.15) is 48.5 Å². The van der Waals surface area contributed by atoms with E-state index in [0.717, 1.165) is 0 Å². The Balaban J connectivity index is 5.14. The van der Waals surface area contributed by atoms with Gasteiger partial charge in [-0.25, -0.2) is 4.39 Å². The van der Waals surface area contributed by atoms with E-state index in [2.05, 4.69) is 5.32 Å². The van der Waals surface area contributed by atoms with Gasteiger partial charge < -0.3 is 10.4 Å². The van der Waals surface area contributed by atoms with E-state index < -0.39 is 11.6 Å². The molecule has 0 fully saturated rings. The quantitative estimate of drug-likeness (QED) is 0.693. The highest BCUT2D eigenvalue weighted by Crippen LogP contribution is 2.27. The molecule has 0 aliphatic heterocycles. The summed E-state index contributed by atoms with van der Waals surface area (Å²) in [6, 6.07) is 0. The van der Waals surface area contributed by atoms with Gasteiger partial charge in [0, 0.05) is 11.0 Å². The summed E-state index contributed by atoms with van der Waals surface area (Å²) in [5.74, 6) is 0.0902. The number of allylic oxidation sites excluding steroid dienone is 2. The SMILES string of the molecule is CC(F)/C(NC(C)(C)C)=C(/O)C(C)(C)C. The molecule has 2 nitrogen and oxygen atoms in total. The maximum absolute atomic E-state index is 13.4. The third-order valence-electron chi connectivity index (χ3n) is 1.87. The average Bonchev–Trinajstić information content (AvgIpc) is 1.94. The third-order valence-corrected chi connectivity index (χ3v) is 1.87. The Kier molecular flexibility index (Phi) is 4.20. The number of aliphatic hydroxyl groups is 1. The molecule has 0 radical (unpaired) electrons. The van der Waals surface area contributed by atoms with Crippen molar-refractivity contribution in [2.75, 3.05) is 0 Å². The Labute approximate surface area is 92.6 Å². The number of aliphatic hydroxyl groups excluding tert-OH is 1. The number of hydrogen-bond donors (Lipinski definition) is 2. The van der Waals surface area contributed by atoms with Gasteiger partial charge in [-0.3, -0.25) is 0 Å². The van der Waals surface area contributed by atoms with E-state index in [1.807, 2.05) is 41.5 Å². The molecular weight excluding hydrogens is 193 g/mol. The first-order valence-electron chi connectivity index (χ1n) is 5.31. The Morgan fingerprint density at radius 1 is 1.13 bits per heavy atom. The van der Waals surface area contributed by atoms with E-state index in [1.54, 1.807) is 0 Å². The van der Waals surface area contributed by atoms with Crippen LogP contribution >= 0.6 is 0 Å². The summed E-state index contributed by atoms with van der Waals surface area (Å²) in [6.45, 7) is 12.8. The maximum Gasteiger partial charge on any atom is 0.140 e. The number of alkyl halides is 1. The highest BCUT2D eigenvalue weighted by atomic mass is 19.1. The summed E-state index contributed by atoms with van der Waals surface area (Å²) >= 11 is 0. The number of nitrogens with one attached hydrogen (secondary N) is 1. The second-order valence-corrected chi connectivity index (χ2v) is 6.00. The van der Waals surface area contributed by atoms with Crippen molar-refractivity contribution in [2.45, 2.75) is 60.2 Å². The summed E-state index contributed by atoms with van der Waals surface area (Å²) in [5.41, 5.74) is -0.405. The molecule has 15 heavy (non-hydrogen) atoms. The standard InChI is InChI=1S/C12H24FNO/c1-8(13)9(14-12(5,6)7)10(15)11(2,3)4/h8,14-15H,1-7H3/b10-9-. The average molecular weight is 217 g/mol. The monoisotopic (exact) mass is 217 g/mol. The Morgan fingerprint density at radius 2 is 1.53 bits per heavy atom. The number of rotatable bonds is 2. The lowest BCUT2D eigenvalue weighted by Crippen LogP contribution is -2.39. The van der Waals surface area contributed by atoms with Crippen molar-refractivity contribution in [3.63, 3.8) is 0 Å². The molecular formula is C12H24FNO. The molecule has 2 N–H and O–H groups in total. The van der Waals surface area contributed by atoms with Crippen LogP contribution in [0.4, 0.5) is 4.39 Å². The summed E-state index contributed by atoms with van der Waals surface area (Å²) < 4.78 is 13.4. The second-order valence-electron chi connectivity index (χ2n) is 6.00. The predicted molar refractivity (Wildman–Crippen MR) is 62.6 cm³/mol. The lowest BCUT2D eigenvalue weighted by atomic mass is 9.91. The van der Waals surface area contributed by atoms with Crippen molar-refractivity contribution in [3.8, 4) is 0 Å². The van der Waals surface area contributed by atoms with Crippen molar-refractivity contribution >= 4 is 0 Å². The van der Waals surface area contributed by atoms with Gasteiger partial charge in [0.25, 0.3) is 0 Å². The van der Waals surface area contributed by atoms with Crippen LogP contribution in [-0.2, 0) is 0 Å². The van der Waals surface area contributed by atoms with Crippen LogP contribution in [-0.4, -0.2) is 16.8 Å². The van der Waals surface area contributed by atoms with E-state index in [0.29, 0.717) is 0 Å². The van der Waals surface area contributed by atoms with E-state index in [9.17, 15) is 9.50 Å². The molecule has 0 bridgehead atoms. The van der Waals surface area contributed by atoms with E-state index in [4.69, 9.17) is 0 Å². The van der Waals surface area contributed by atoms with E-state index in [-0.39, 0.29) is 17.0 Å². The minimum Gasteiger partial charge on any atom is -0.510 e. The predicted octanol–water partition coefficient (Wildman–Crippen LogP) is 3.55. The van der Waals surface area contributed by atoms with Gasteiger partial charge in [-0.1, -0.05) is 20.8 Å². The first-order chi connectivity index (χ1) is 6.45. The van der Waals surface area contributed by atoms with Crippen molar-refractivity contribution < 1.29 is 9.50 Å². The topological polar surface area (TPSA) is 32.3 Å². The lowest BCUT2D eigenvalue weighted by molar-refractivity contribution is 0.241. The van der Waals surface area contributed by atoms with Crippen LogP contribution in [0.5, 0.6) is 0 Å². The first-order valence-corrected chi connectivity index (χ1v) is 5.31. The van der Waals surface area contributed by atoms with Gasteiger partial charge in [-0.15, -0.1) is 0 Å². The van der Waals surface area contributed by atoms with Crippen LogP contribution in [0, 0.1) is 5.41 Å². The molecule has 0 rings (SSSR count). The van der Waals surface area contributed by atoms with Crippen LogP contribution in [0.2, 0.25) is 0 Å². The molecule has 0 aromatic heterocycles. The van der Waals surface area contributed by atoms with E-state index >= 15 is 0 Å². The van der Waals surface area contributed by atoms with Crippen LogP contribution in [0.25, 0.3) is 0 Å². The van der Waals surface area contributed by atoms with Crippen LogP contribution in [0.15, 0.2) is 11.5 Å². The molecule has 0 heterocycles. The van der Waals surface area contributed by atoms with Crippen LogP contribution in [0.3, 0.4) is 0 Å². The summed E-state index contributed by atoms with van der Waals surface area (Å²) in [7, 11) is 0. The zero-order valence-corrected chi connectivity index (χ0v) is 10.9. The Hall–Kier alpha value is -0.730. The third kappa shape index (κ3) is 5.05. The summed E-state index contributed by atoms with van der Waals surface area (Å²) in [5, 5.41) is 13.0. The maximum atomic E-state index is 13.4. The van der Waals surface area contributed by atoms with Gasteiger partial charge in [-0.2, -0.15) is 0 Å². The van der Waals surface area contributed by atoms with Gasteiger partial charge in [-0.05, 0) is 27.7 Å². The molecule has 3 heteroatoms. The zero-order valence-electron chi connectivity index (χ0n) is 10.9. The molecule has 90 valence electrons. The molecule has 0 aliphatic rings. The number of halogens is 1. The van der Waals surface area contributed by atoms with Gasteiger partial charge >= 0.3 is 0 Å². The Bertz CT molecular complexity index is 243. The molecule has 0 aromatic rings. The lowest BCUT2D eigenvalue weighted by Gasteiger charge is -2.29. The molecule has 0 aliphatic carbocycles. The molecule has 1 unspecified atom stereocenters. The van der Waals surface area contributed by atoms with Gasteiger partial charge in [0.15, 0.2) is 0 Å². The molecule has 0 saturated carbocycles. The molecule has 0 saturated heterocycles. The van der Waals surface area contributed by atoms with E-state index in [1.165, 1.54) is 6.92 Å². The minimum atomic E-state index is -1.19. The second kappa shape index (κ2) is 4.42. The highest BCUT2D eigenvalue weighted by molar-refractivity contribution is 5.16. The normalized spacial score (nSPS) is 17.1.